The number of quaternary nitrogens is 1. The highest BCUT2D eigenvalue weighted by Gasteiger charge is 2.29. The van der Waals surface area contributed by atoms with Crippen LogP contribution < -0.4 is 14.4 Å². The van der Waals surface area contributed by atoms with Crippen LogP contribution in [0.2, 0.25) is 0 Å². The van der Waals surface area contributed by atoms with Crippen molar-refractivity contribution in [2.75, 3.05) is 46.9 Å². The van der Waals surface area contributed by atoms with E-state index >= 15 is 0 Å². The zero-order valence-corrected chi connectivity index (χ0v) is 15.3. The fourth-order valence-corrected chi connectivity index (χ4v) is 3.90. The summed E-state index contributed by atoms with van der Waals surface area (Å²) in [4.78, 5) is 16.6. The second-order valence-electron chi connectivity index (χ2n) is 6.93. The SMILES string of the molecule is COc1cccc(OC)c1C(=O)N1CC[NH+](C[C@H]2CC=CCC2)CC1. The van der Waals surface area contributed by atoms with Crippen molar-refractivity contribution in [3.05, 3.63) is 35.9 Å². The Labute approximate surface area is 150 Å². The maximum atomic E-state index is 13.0. The number of nitrogens with one attached hydrogen (secondary N) is 1. The van der Waals surface area contributed by atoms with E-state index in [1.165, 1.54) is 25.8 Å². The number of hydrogen-bond acceptors (Lipinski definition) is 3. The zero-order valence-electron chi connectivity index (χ0n) is 15.3. The number of allylic oxidation sites excluding steroid dienone is 2. The van der Waals surface area contributed by atoms with Crippen LogP contribution in [-0.4, -0.2) is 57.8 Å². The first-order valence-electron chi connectivity index (χ1n) is 9.21. The van der Waals surface area contributed by atoms with Crippen LogP contribution in [0.5, 0.6) is 11.5 Å². The van der Waals surface area contributed by atoms with Crippen LogP contribution in [0, 0.1) is 5.92 Å². The molecule has 1 N–H and O–H groups in total. The Morgan fingerprint density at radius 1 is 1.16 bits per heavy atom. The summed E-state index contributed by atoms with van der Waals surface area (Å²) in [7, 11) is 3.18. The topological polar surface area (TPSA) is 43.2 Å². The van der Waals surface area contributed by atoms with E-state index in [0.29, 0.717) is 17.1 Å². The van der Waals surface area contributed by atoms with Crippen LogP contribution in [0.15, 0.2) is 30.4 Å². The number of amides is 1. The van der Waals surface area contributed by atoms with Gasteiger partial charge in [-0.25, -0.2) is 0 Å². The predicted molar refractivity (Wildman–Crippen MR) is 97.5 cm³/mol. The third-order valence-corrected chi connectivity index (χ3v) is 5.35. The van der Waals surface area contributed by atoms with Crippen LogP contribution in [0.4, 0.5) is 0 Å². The average Bonchev–Trinajstić information content (AvgIpc) is 2.68. The summed E-state index contributed by atoms with van der Waals surface area (Å²) < 4.78 is 10.8. The molecule has 25 heavy (non-hydrogen) atoms. The van der Waals surface area contributed by atoms with E-state index in [-0.39, 0.29) is 5.91 Å². The summed E-state index contributed by atoms with van der Waals surface area (Å²) in [6, 6.07) is 5.47. The molecule has 2 aliphatic rings. The van der Waals surface area contributed by atoms with Crippen molar-refractivity contribution in [1.29, 1.82) is 0 Å². The largest absolute Gasteiger partial charge is 0.496 e. The first kappa shape index (κ1) is 17.8. The van der Waals surface area contributed by atoms with Gasteiger partial charge in [-0.2, -0.15) is 0 Å². The van der Waals surface area contributed by atoms with E-state index in [1.807, 2.05) is 23.1 Å². The molecular weight excluding hydrogens is 316 g/mol. The number of carbonyl (C=O) groups excluding carboxylic acids is 1. The second-order valence-corrected chi connectivity index (χ2v) is 6.93. The van der Waals surface area contributed by atoms with Gasteiger partial charge in [-0.1, -0.05) is 18.2 Å². The fourth-order valence-electron chi connectivity index (χ4n) is 3.90. The van der Waals surface area contributed by atoms with Crippen molar-refractivity contribution in [2.24, 2.45) is 5.92 Å². The van der Waals surface area contributed by atoms with Gasteiger partial charge in [0.2, 0.25) is 0 Å². The molecule has 0 saturated carbocycles. The molecule has 1 aliphatic carbocycles. The standard InChI is InChI=1S/C20H28N2O3/c1-24-17-9-6-10-18(25-2)19(17)20(23)22-13-11-21(12-14-22)15-16-7-4-3-5-8-16/h3-4,6,9-10,16H,5,7-8,11-15H2,1-2H3/p+1/t16-/m0/s1. The Balaban J connectivity index is 1.61. The summed E-state index contributed by atoms with van der Waals surface area (Å²) in [6.45, 7) is 4.84. The van der Waals surface area contributed by atoms with Crippen molar-refractivity contribution in [2.45, 2.75) is 19.3 Å². The monoisotopic (exact) mass is 345 g/mol. The maximum absolute atomic E-state index is 13.0. The minimum atomic E-state index is 0.00829. The van der Waals surface area contributed by atoms with E-state index in [9.17, 15) is 4.79 Å². The lowest BCUT2D eigenvalue weighted by atomic mass is 9.94. The molecule has 1 amide bonds. The minimum Gasteiger partial charge on any atom is -0.496 e. The average molecular weight is 345 g/mol. The zero-order chi connectivity index (χ0) is 17.6. The number of piperazine rings is 1. The van der Waals surface area contributed by atoms with Crippen molar-refractivity contribution >= 4 is 5.91 Å². The van der Waals surface area contributed by atoms with E-state index in [2.05, 4.69) is 12.2 Å². The van der Waals surface area contributed by atoms with Gasteiger partial charge in [0.25, 0.3) is 5.91 Å². The van der Waals surface area contributed by atoms with Gasteiger partial charge < -0.3 is 19.3 Å². The van der Waals surface area contributed by atoms with Gasteiger partial charge in [0.05, 0.1) is 46.9 Å². The highest BCUT2D eigenvalue weighted by Crippen LogP contribution is 2.29. The maximum Gasteiger partial charge on any atom is 0.261 e. The molecule has 136 valence electrons. The molecule has 0 aromatic heterocycles. The quantitative estimate of drug-likeness (QED) is 0.821. The summed E-state index contributed by atoms with van der Waals surface area (Å²) in [5.74, 6) is 1.96. The Hall–Kier alpha value is -2.01. The van der Waals surface area contributed by atoms with E-state index in [1.54, 1.807) is 19.1 Å². The molecule has 0 unspecified atom stereocenters. The lowest BCUT2D eigenvalue weighted by Gasteiger charge is -2.34. The third kappa shape index (κ3) is 4.15. The highest BCUT2D eigenvalue weighted by molar-refractivity contribution is 5.99. The summed E-state index contributed by atoms with van der Waals surface area (Å²) in [5, 5.41) is 0. The fraction of sp³-hybridized carbons (Fsp3) is 0.550. The normalized spacial score (nSPS) is 21.2. The molecule has 3 rings (SSSR count). The smallest absolute Gasteiger partial charge is 0.261 e. The minimum absolute atomic E-state index is 0.00829. The molecule has 0 radical (unpaired) electrons. The van der Waals surface area contributed by atoms with Crippen LogP contribution in [-0.2, 0) is 0 Å². The van der Waals surface area contributed by atoms with Crippen LogP contribution in [0.25, 0.3) is 0 Å². The molecule has 1 aromatic rings. The van der Waals surface area contributed by atoms with Crippen molar-refractivity contribution < 1.29 is 19.2 Å². The van der Waals surface area contributed by atoms with E-state index in [4.69, 9.17) is 9.47 Å². The molecule has 5 heteroatoms. The molecule has 1 heterocycles. The van der Waals surface area contributed by atoms with Crippen molar-refractivity contribution in [3.8, 4) is 11.5 Å². The molecule has 5 nitrogen and oxygen atoms in total. The first-order valence-corrected chi connectivity index (χ1v) is 9.21. The van der Waals surface area contributed by atoms with Crippen LogP contribution >= 0.6 is 0 Å². The van der Waals surface area contributed by atoms with Gasteiger partial charge in [-0.3, -0.25) is 4.79 Å². The number of nitrogens with zero attached hydrogens (tertiary/aromatic N) is 1. The van der Waals surface area contributed by atoms with Gasteiger partial charge in [-0.05, 0) is 31.4 Å². The van der Waals surface area contributed by atoms with Gasteiger partial charge in [0.15, 0.2) is 0 Å². The molecule has 0 spiro atoms. The van der Waals surface area contributed by atoms with Crippen molar-refractivity contribution in [3.63, 3.8) is 0 Å². The molecule has 1 aliphatic heterocycles. The second kappa shape index (κ2) is 8.39. The number of hydrogen-bond donors (Lipinski definition) is 1. The van der Waals surface area contributed by atoms with E-state index < -0.39 is 0 Å². The number of benzene rings is 1. The van der Waals surface area contributed by atoms with Crippen LogP contribution in [0.3, 0.4) is 0 Å². The van der Waals surface area contributed by atoms with Gasteiger partial charge >= 0.3 is 0 Å². The highest BCUT2D eigenvalue weighted by atomic mass is 16.5. The molecular formula is C20H29N2O3+. The molecule has 1 saturated heterocycles. The van der Waals surface area contributed by atoms with Gasteiger partial charge in [0, 0.05) is 5.92 Å². The lowest BCUT2D eigenvalue weighted by molar-refractivity contribution is -0.907. The first-order chi connectivity index (χ1) is 12.2. The Kier molecular flexibility index (Phi) is 5.97. The number of carbonyl (C=O) groups is 1. The Morgan fingerprint density at radius 2 is 1.84 bits per heavy atom. The number of ether oxygens (including phenoxy) is 2. The summed E-state index contributed by atoms with van der Waals surface area (Å²) >= 11 is 0. The summed E-state index contributed by atoms with van der Waals surface area (Å²) in [5.41, 5.74) is 0.536. The molecule has 0 bridgehead atoms. The molecule has 1 aromatic carbocycles. The van der Waals surface area contributed by atoms with Crippen molar-refractivity contribution in [1.82, 2.24) is 4.90 Å². The predicted octanol–water partition coefficient (Wildman–Crippen LogP) is 1.40. The van der Waals surface area contributed by atoms with E-state index in [0.717, 1.165) is 32.1 Å². The van der Waals surface area contributed by atoms with Crippen LogP contribution in [0.1, 0.15) is 29.6 Å². The van der Waals surface area contributed by atoms with Gasteiger partial charge in [-0.15, -0.1) is 0 Å². The number of rotatable bonds is 5. The summed E-state index contributed by atoms with van der Waals surface area (Å²) in [6.07, 6.45) is 8.35. The van der Waals surface area contributed by atoms with Gasteiger partial charge in [0.1, 0.15) is 17.1 Å². The third-order valence-electron chi connectivity index (χ3n) is 5.35. The molecule has 1 atom stereocenters. The Morgan fingerprint density at radius 3 is 2.40 bits per heavy atom. The number of methoxy groups -OCH3 is 2. The Bertz CT molecular complexity index is 599. The lowest BCUT2D eigenvalue weighted by Crippen LogP contribution is -3.15. The molecule has 1 fully saturated rings.